The van der Waals surface area contributed by atoms with Crippen LogP contribution in [-0.4, -0.2) is 36.5 Å². The molecule has 0 spiro atoms. The minimum Gasteiger partial charge on any atom is -0.376 e. The van der Waals surface area contributed by atoms with Crippen molar-refractivity contribution in [1.82, 2.24) is 4.90 Å². The monoisotopic (exact) mass is 261 g/mol. The largest absolute Gasteiger partial charge is 0.376 e. The number of benzene rings is 1. The van der Waals surface area contributed by atoms with Gasteiger partial charge in [-0.3, -0.25) is 4.79 Å². The number of anilines is 1. The van der Waals surface area contributed by atoms with E-state index >= 15 is 0 Å². The molecule has 1 fully saturated rings. The molecule has 1 aromatic rings. The van der Waals surface area contributed by atoms with Crippen LogP contribution in [0.5, 0.6) is 0 Å². The Morgan fingerprint density at radius 3 is 2.89 bits per heavy atom. The number of nitrogens with one attached hydrogen (secondary N) is 1. The second-order valence-electron chi connectivity index (χ2n) is 5.32. The van der Waals surface area contributed by atoms with Crippen LogP contribution in [0, 0.1) is 5.92 Å². The molecule has 4 nitrogen and oxygen atoms in total. The number of carbonyl (C=O) groups is 1. The van der Waals surface area contributed by atoms with Gasteiger partial charge in [0.05, 0.1) is 6.54 Å². The van der Waals surface area contributed by atoms with Gasteiger partial charge in [-0.2, -0.15) is 0 Å². The third-order valence-electron chi connectivity index (χ3n) is 3.77. The van der Waals surface area contributed by atoms with Gasteiger partial charge in [0.25, 0.3) is 0 Å². The summed E-state index contributed by atoms with van der Waals surface area (Å²) in [7, 11) is 0. The van der Waals surface area contributed by atoms with Crippen molar-refractivity contribution in [2.24, 2.45) is 11.7 Å². The van der Waals surface area contributed by atoms with E-state index in [1.54, 1.807) is 0 Å². The fourth-order valence-corrected chi connectivity index (χ4v) is 2.51. The Hall–Kier alpha value is -1.55. The second kappa shape index (κ2) is 6.57. The van der Waals surface area contributed by atoms with Crippen LogP contribution in [0.25, 0.3) is 0 Å². The summed E-state index contributed by atoms with van der Waals surface area (Å²) in [5.41, 5.74) is 6.92. The zero-order valence-corrected chi connectivity index (χ0v) is 11.5. The van der Waals surface area contributed by atoms with Crippen molar-refractivity contribution >= 4 is 11.6 Å². The summed E-state index contributed by atoms with van der Waals surface area (Å²) in [4.78, 5) is 14.1. The normalized spacial score (nSPS) is 20.9. The van der Waals surface area contributed by atoms with Gasteiger partial charge in [-0.05, 0) is 37.8 Å². The van der Waals surface area contributed by atoms with Gasteiger partial charge >= 0.3 is 0 Å². The average molecular weight is 261 g/mol. The molecular weight excluding hydrogens is 238 g/mol. The maximum atomic E-state index is 12.2. The van der Waals surface area contributed by atoms with E-state index in [1.807, 2.05) is 42.2 Å². The molecule has 19 heavy (non-hydrogen) atoms. The number of rotatable bonds is 4. The molecule has 0 aromatic heterocycles. The van der Waals surface area contributed by atoms with E-state index in [9.17, 15) is 4.79 Å². The lowest BCUT2D eigenvalue weighted by Gasteiger charge is -2.34. The van der Waals surface area contributed by atoms with Crippen molar-refractivity contribution in [2.45, 2.75) is 25.8 Å². The Bertz CT molecular complexity index is 405. The van der Waals surface area contributed by atoms with Crippen LogP contribution in [-0.2, 0) is 4.79 Å². The molecule has 2 unspecified atom stereocenters. The molecule has 2 atom stereocenters. The Morgan fingerprint density at radius 1 is 1.47 bits per heavy atom. The van der Waals surface area contributed by atoms with Gasteiger partial charge < -0.3 is 16.0 Å². The number of piperidine rings is 1. The summed E-state index contributed by atoms with van der Waals surface area (Å²) in [6, 6.07) is 9.98. The number of nitrogens with zero attached hydrogens (tertiary/aromatic N) is 1. The minimum atomic E-state index is 0.161. The highest BCUT2D eigenvalue weighted by atomic mass is 16.2. The molecule has 3 N–H and O–H groups in total. The molecule has 0 saturated carbocycles. The molecule has 0 bridgehead atoms. The first-order valence-corrected chi connectivity index (χ1v) is 6.99. The van der Waals surface area contributed by atoms with Gasteiger partial charge in [0.15, 0.2) is 0 Å². The molecule has 1 heterocycles. The van der Waals surface area contributed by atoms with E-state index in [-0.39, 0.29) is 11.9 Å². The predicted molar refractivity (Wildman–Crippen MR) is 77.9 cm³/mol. The Labute approximate surface area is 115 Å². The van der Waals surface area contributed by atoms with Crippen molar-refractivity contribution in [3.05, 3.63) is 30.3 Å². The number of likely N-dealkylation sites (tertiary alicyclic amines) is 1. The van der Waals surface area contributed by atoms with Gasteiger partial charge in [-0.1, -0.05) is 18.2 Å². The second-order valence-corrected chi connectivity index (χ2v) is 5.32. The molecule has 4 heteroatoms. The molecule has 1 saturated heterocycles. The molecule has 2 rings (SSSR count). The standard InChI is InChI=1S/C15H23N3O/c1-12(16)13-6-5-9-18(11-13)15(19)10-17-14-7-3-2-4-8-14/h2-4,7-8,12-13,17H,5-6,9-11,16H2,1H3. The number of hydrogen-bond donors (Lipinski definition) is 2. The maximum absolute atomic E-state index is 12.2. The van der Waals surface area contributed by atoms with Crippen LogP contribution in [0.2, 0.25) is 0 Å². The molecule has 1 aliphatic rings. The third kappa shape index (κ3) is 3.96. The highest BCUT2D eigenvalue weighted by molar-refractivity contribution is 5.81. The number of carbonyl (C=O) groups excluding carboxylic acids is 1. The molecule has 0 aliphatic carbocycles. The van der Waals surface area contributed by atoms with Crippen molar-refractivity contribution in [1.29, 1.82) is 0 Å². The van der Waals surface area contributed by atoms with Crippen molar-refractivity contribution in [3.63, 3.8) is 0 Å². The maximum Gasteiger partial charge on any atom is 0.241 e. The fourth-order valence-electron chi connectivity index (χ4n) is 2.51. The quantitative estimate of drug-likeness (QED) is 0.867. The Balaban J connectivity index is 1.83. The van der Waals surface area contributed by atoms with E-state index in [1.165, 1.54) is 0 Å². The lowest BCUT2D eigenvalue weighted by Crippen LogP contribution is -2.46. The van der Waals surface area contributed by atoms with E-state index in [0.717, 1.165) is 31.6 Å². The van der Waals surface area contributed by atoms with Crippen LogP contribution in [0.4, 0.5) is 5.69 Å². The fraction of sp³-hybridized carbons (Fsp3) is 0.533. The highest BCUT2D eigenvalue weighted by Gasteiger charge is 2.25. The van der Waals surface area contributed by atoms with E-state index in [0.29, 0.717) is 12.5 Å². The van der Waals surface area contributed by atoms with Crippen molar-refractivity contribution in [3.8, 4) is 0 Å². The van der Waals surface area contributed by atoms with E-state index in [2.05, 4.69) is 5.32 Å². The summed E-state index contributed by atoms with van der Waals surface area (Å²) in [5, 5.41) is 3.16. The summed E-state index contributed by atoms with van der Waals surface area (Å²) in [6.07, 6.45) is 2.19. The smallest absolute Gasteiger partial charge is 0.241 e. The molecule has 1 aromatic carbocycles. The van der Waals surface area contributed by atoms with Crippen molar-refractivity contribution in [2.75, 3.05) is 25.0 Å². The first-order chi connectivity index (χ1) is 9.16. The van der Waals surface area contributed by atoms with Gasteiger partial charge in [-0.15, -0.1) is 0 Å². The highest BCUT2D eigenvalue weighted by Crippen LogP contribution is 2.18. The SMILES string of the molecule is CC(N)C1CCCN(C(=O)CNc2ccccc2)C1. The van der Waals surface area contributed by atoms with Gasteiger partial charge in [0.2, 0.25) is 5.91 Å². The van der Waals surface area contributed by atoms with Crippen LogP contribution < -0.4 is 11.1 Å². The molecule has 104 valence electrons. The predicted octanol–water partition coefficient (Wildman–Crippen LogP) is 1.68. The van der Waals surface area contributed by atoms with Gasteiger partial charge in [0.1, 0.15) is 0 Å². The van der Waals surface area contributed by atoms with Gasteiger partial charge in [-0.25, -0.2) is 0 Å². The number of hydrogen-bond acceptors (Lipinski definition) is 3. The number of para-hydroxylation sites is 1. The lowest BCUT2D eigenvalue weighted by atomic mass is 9.92. The number of amides is 1. The first kappa shape index (κ1) is 13.9. The molecular formula is C15H23N3O. The van der Waals surface area contributed by atoms with Crippen molar-refractivity contribution < 1.29 is 4.79 Å². The molecule has 1 aliphatic heterocycles. The average Bonchev–Trinajstić information content (AvgIpc) is 2.46. The summed E-state index contributed by atoms with van der Waals surface area (Å²) in [6.45, 7) is 4.04. The third-order valence-corrected chi connectivity index (χ3v) is 3.77. The van der Waals surface area contributed by atoms with Crippen LogP contribution in [0.1, 0.15) is 19.8 Å². The number of nitrogens with two attached hydrogens (primary N) is 1. The zero-order chi connectivity index (χ0) is 13.7. The van der Waals surface area contributed by atoms with E-state index < -0.39 is 0 Å². The van der Waals surface area contributed by atoms with Gasteiger partial charge in [0, 0.05) is 24.8 Å². The minimum absolute atomic E-state index is 0.161. The van der Waals surface area contributed by atoms with Crippen LogP contribution in [0.3, 0.4) is 0 Å². The lowest BCUT2D eigenvalue weighted by molar-refractivity contribution is -0.131. The summed E-state index contributed by atoms with van der Waals surface area (Å²) >= 11 is 0. The van der Waals surface area contributed by atoms with E-state index in [4.69, 9.17) is 5.73 Å². The molecule has 1 amide bonds. The Kier molecular flexibility index (Phi) is 4.80. The molecule has 0 radical (unpaired) electrons. The first-order valence-electron chi connectivity index (χ1n) is 6.99. The topological polar surface area (TPSA) is 58.4 Å². The van der Waals surface area contributed by atoms with Crippen LogP contribution in [0.15, 0.2) is 30.3 Å². The summed E-state index contributed by atoms with van der Waals surface area (Å²) in [5.74, 6) is 0.601. The summed E-state index contributed by atoms with van der Waals surface area (Å²) < 4.78 is 0. The van der Waals surface area contributed by atoms with Crippen LogP contribution >= 0.6 is 0 Å². The zero-order valence-electron chi connectivity index (χ0n) is 11.5. The Morgan fingerprint density at radius 2 is 2.21 bits per heavy atom.